The lowest BCUT2D eigenvalue weighted by molar-refractivity contribution is 0.134. The first-order valence-electron chi connectivity index (χ1n) is 5.42. The van der Waals surface area contributed by atoms with Gasteiger partial charge in [-0.3, -0.25) is 0 Å². The molecule has 15 heavy (non-hydrogen) atoms. The lowest BCUT2D eigenvalue weighted by atomic mass is 10.0. The van der Waals surface area contributed by atoms with Crippen LogP contribution < -0.4 is 0 Å². The number of hydrogen-bond acceptors (Lipinski definition) is 4. The molecule has 0 heterocycles. The second-order valence-electron chi connectivity index (χ2n) is 3.58. The van der Waals surface area contributed by atoms with Gasteiger partial charge in [0, 0.05) is 5.75 Å². The fraction of sp³-hybridized carbons (Fsp3) is 0.727. The van der Waals surface area contributed by atoms with Crippen molar-refractivity contribution in [2.45, 2.75) is 44.8 Å². The lowest BCUT2D eigenvalue weighted by Gasteiger charge is -2.17. The maximum absolute atomic E-state index is 11.2. The van der Waals surface area contributed by atoms with E-state index in [0.717, 1.165) is 31.4 Å². The van der Waals surface area contributed by atoms with Gasteiger partial charge in [0.2, 0.25) is 0 Å². The van der Waals surface area contributed by atoms with Crippen molar-refractivity contribution >= 4 is 17.1 Å². The van der Waals surface area contributed by atoms with Crippen LogP contribution in [0.15, 0.2) is 12.2 Å². The van der Waals surface area contributed by atoms with Gasteiger partial charge < -0.3 is 9.84 Å². The van der Waals surface area contributed by atoms with Crippen LogP contribution in [0, 0.1) is 0 Å². The highest BCUT2D eigenvalue weighted by atomic mass is 32.2. The first-order valence-corrected chi connectivity index (χ1v) is 6.40. The van der Waals surface area contributed by atoms with Gasteiger partial charge in [-0.05, 0) is 37.1 Å². The Morgan fingerprint density at radius 1 is 1.47 bits per heavy atom. The van der Waals surface area contributed by atoms with E-state index >= 15 is 0 Å². The Hall–Kier alpha value is -0.480. The molecule has 0 saturated heterocycles. The van der Waals surface area contributed by atoms with Crippen LogP contribution in [-0.2, 0) is 4.74 Å². The molecule has 86 valence electrons. The van der Waals surface area contributed by atoms with Gasteiger partial charge in [-0.25, -0.2) is 4.79 Å². The molecule has 2 atom stereocenters. The Labute approximate surface area is 94.9 Å². The smallest absolute Gasteiger partial charge is 0.367 e. The highest BCUT2D eigenvalue weighted by Crippen LogP contribution is 2.17. The molecule has 1 N–H and O–H groups in total. The molecular weight excluding hydrogens is 212 g/mol. The number of ether oxygens (including phenoxy) is 1. The number of carbonyl (C=O) groups is 1. The summed E-state index contributed by atoms with van der Waals surface area (Å²) in [5, 5.41) is 9.22. The summed E-state index contributed by atoms with van der Waals surface area (Å²) in [5.74, 6) is 0.734. The molecule has 3 nitrogen and oxygen atoms in total. The number of hydrogen-bond donors (Lipinski definition) is 1. The monoisotopic (exact) mass is 230 g/mol. The molecule has 0 radical (unpaired) electrons. The third kappa shape index (κ3) is 5.23. The molecule has 0 fully saturated rings. The molecule has 0 bridgehead atoms. The summed E-state index contributed by atoms with van der Waals surface area (Å²) < 4.78 is 5.24. The Morgan fingerprint density at radius 2 is 2.20 bits per heavy atom. The average molecular weight is 230 g/mol. The van der Waals surface area contributed by atoms with Gasteiger partial charge in [-0.15, -0.1) is 0 Å². The molecule has 2 unspecified atom stereocenters. The van der Waals surface area contributed by atoms with E-state index < -0.39 is 0 Å². The number of rotatable bonds is 2. The van der Waals surface area contributed by atoms with Gasteiger partial charge in [-0.2, -0.15) is 0 Å². The van der Waals surface area contributed by atoms with Crippen LogP contribution in [0.2, 0.25) is 0 Å². The maximum Gasteiger partial charge on any atom is 0.367 e. The lowest BCUT2D eigenvalue weighted by Crippen LogP contribution is -2.16. The molecule has 1 aliphatic rings. The molecule has 0 aromatic rings. The Morgan fingerprint density at radius 3 is 2.93 bits per heavy atom. The second kappa shape index (κ2) is 6.90. The van der Waals surface area contributed by atoms with Crippen LogP contribution in [0.25, 0.3) is 0 Å². The Balaban J connectivity index is 2.41. The summed E-state index contributed by atoms with van der Waals surface area (Å²) in [4.78, 5) is 11.2. The van der Waals surface area contributed by atoms with E-state index in [0.29, 0.717) is 0 Å². The predicted octanol–water partition coefficient (Wildman–Crippen LogP) is 2.74. The topological polar surface area (TPSA) is 46.5 Å². The van der Waals surface area contributed by atoms with Crippen LogP contribution in [0.3, 0.4) is 0 Å². The minimum Gasteiger partial charge on any atom is -0.450 e. The zero-order chi connectivity index (χ0) is 11.1. The van der Waals surface area contributed by atoms with E-state index in [-0.39, 0.29) is 17.5 Å². The molecule has 1 rings (SSSR count). The summed E-state index contributed by atoms with van der Waals surface area (Å²) in [7, 11) is 0. The van der Waals surface area contributed by atoms with E-state index in [2.05, 4.69) is 0 Å². The maximum atomic E-state index is 11.2. The summed E-state index contributed by atoms with van der Waals surface area (Å²) in [6.07, 6.45) is 6.64. The van der Waals surface area contributed by atoms with Crippen LogP contribution in [0.5, 0.6) is 0 Å². The van der Waals surface area contributed by atoms with Gasteiger partial charge in [0.15, 0.2) is 0 Å². The quantitative estimate of drug-likeness (QED) is 0.585. The summed E-state index contributed by atoms with van der Waals surface area (Å²) in [6.45, 7) is 1.92. The highest BCUT2D eigenvalue weighted by Gasteiger charge is 2.14. The molecule has 0 aromatic carbocycles. The van der Waals surface area contributed by atoms with Crippen LogP contribution in [-0.4, -0.2) is 28.4 Å². The zero-order valence-corrected chi connectivity index (χ0v) is 9.83. The van der Waals surface area contributed by atoms with Crippen molar-refractivity contribution in [3.63, 3.8) is 0 Å². The van der Waals surface area contributed by atoms with E-state index in [1.165, 1.54) is 11.8 Å². The van der Waals surface area contributed by atoms with Crippen molar-refractivity contribution in [3.8, 4) is 0 Å². The first kappa shape index (κ1) is 12.6. The van der Waals surface area contributed by atoms with Gasteiger partial charge in [-0.1, -0.05) is 19.4 Å². The van der Waals surface area contributed by atoms with Crippen molar-refractivity contribution < 1.29 is 14.6 Å². The predicted molar refractivity (Wildman–Crippen MR) is 62.0 cm³/mol. The van der Waals surface area contributed by atoms with Gasteiger partial charge in [0.05, 0.1) is 6.10 Å². The van der Waals surface area contributed by atoms with Gasteiger partial charge >= 0.3 is 5.30 Å². The standard InChI is InChI=1S/C11H18O3S/c1-2-15-11(13)14-10-6-4-3-5-9(12)7-8-10/h7-10,12H,2-6H2,1H3/b8-7+. The molecule has 0 aliphatic heterocycles. The molecule has 1 aliphatic carbocycles. The van der Waals surface area contributed by atoms with Crippen molar-refractivity contribution in [1.82, 2.24) is 0 Å². The van der Waals surface area contributed by atoms with Gasteiger partial charge in [0.1, 0.15) is 6.10 Å². The third-order valence-corrected chi connectivity index (χ3v) is 2.92. The van der Waals surface area contributed by atoms with Crippen LogP contribution in [0.4, 0.5) is 4.79 Å². The third-order valence-electron chi connectivity index (χ3n) is 2.30. The molecular formula is C11H18O3S. The summed E-state index contributed by atoms with van der Waals surface area (Å²) in [5.41, 5.74) is 0. The van der Waals surface area contributed by atoms with Crippen molar-refractivity contribution in [1.29, 1.82) is 0 Å². The van der Waals surface area contributed by atoms with E-state index in [1.807, 2.05) is 6.92 Å². The summed E-state index contributed by atoms with van der Waals surface area (Å²) >= 11 is 1.18. The van der Waals surface area contributed by atoms with Crippen molar-refractivity contribution in [3.05, 3.63) is 12.2 Å². The second-order valence-corrected chi connectivity index (χ2v) is 4.78. The van der Waals surface area contributed by atoms with E-state index in [4.69, 9.17) is 4.74 Å². The zero-order valence-electron chi connectivity index (χ0n) is 9.02. The largest absolute Gasteiger partial charge is 0.450 e. The fourth-order valence-corrected chi connectivity index (χ4v) is 1.94. The Bertz CT molecular complexity index is 228. The summed E-state index contributed by atoms with van der Waals surface area (Å²) in [6, 6.07) is 0. The molecule has 0 spiro atoms. The van der Waals surface area contributed by atoms with Crippen molar-refractivity contribution in [2.75, 3.05) is 5.75 Å². The Kier molecular flexibility index (Phi) is 5.79. The van der Waals surface area contributed by atoms with Gasteiger partial charge in [0.25, 0.3) is 0 Å². The fourth-order valence-electron chi connectivity index (χ4n) is 1.52. The number of aliphatic hydroxyl groups is 1. The minimum absolute atomic E-state index is 0.161. The van der Waals surface area contributed by atoms with Crippen molar-refractivity contribution in [2.24, 2.45) is 0 Å². The van der Waals surface area contributed by atoms with E-state index in [9.17, 15) is 9.90 Å². The van der Waals surface area contributed by atoms with E-state index in [1.54, 1.807) is 12.2 Å². The highest BCUT2D eigenvalue weighted by molar-refractivity contribution is 8.13. The SMILES string of the molecule is CCSC(=O)OC1/C=C/C(O)CCCC1. The van der Waals surface area contributed by atoms with Crippen LogP contribution in [0.1, 0.15) is 32.6 Å². The van der Waals surface area contributed by atoms with Crippen LogP contribution >= 0.6 is 11.8 Å². The molecule has 0 aromatic heterocycles. The first-order chi connectivity index (χ1) is 7.22. The minimum atomic E-state index is -0.384. The number of thioether (sulfide) groups is 1. The average Bonchev–Trinajstić information content (AvgIpc) is 2.17. The molecule has 0 saturated carbocycles. The number of carbonyl (C=O) groups excluding carboxylic acids is 1. The molecule has 0 amide bonds. The molecule has 4 heteroatoms. The normalized spacial score (nSPS) is 28.9. The number of aliphatic hydroxyl groups excluding tert-OH is 1.